The quantitative estimate of drug-likeness (QED) is 0.0748. The van der Waals surface area contributed by atoms with Gasteiger partial charge in [-0.05, 0) is 289 Å². The monoisotopic (exact) mass is 1760 g/mol. The zero-order chi connectivity index (χ0) is 92.6. The van der Waals surface area contributed by atoms with E-state index in [1.807, 2.05) is 0 Å². The van der Waals surface area contributed by atoms with Gasteiger partial charge < -0.3 is 19.6 Å². The fraction of sp³-hybridized carbons (Fsp3) is 0.113. The third-order valence-electron chi connectivity index (χ3n) is 30.7. The van der Waals surface area contributed by atoms with E-state index in [1.165, 1.54) is 150 Å². The molecule has 2 atom stereocenters. The fourth-order valence-electron chi connectivity index (χ4n) is 23.7. The molecule has 0 aromatic heterocycles. The van der Waals surface area contributed by atoms with Crippen molar-refractivity contribution in [3.63, 3.8) is 0 Å². The Balaban J connectivity index is 0.507. The third-order valence-corrected chi connectivity index (χ3v) is 30.7. The summed E-state index contributed by atoms with van der Waals surface area (Å²) >= 11 is 0. The molecule has 0 saturated heterocycles. The van der Waals surface area contributed by atoms with Crippen LogP contribution >= 0.6 is 0 Å². The highest BCUT2D eigenvalue weighted by Gasteiger charge is 2.49. The lowest BCUT2D eigenvalue weighted by atomic mass is 9.68. The van der Waals surface area contributed by atoms with Gasteiger partial charge in [-0.2, -0.15) is 0 Å². The largest absolute Gasteiger partial charge is 0.314 e. The first-order valence-electron chi connectivity index (χ1n) is 48.4. The number of anilines is 11. The van der Waals surface area contributed by atoms with E-state index < -0.39 is 0 Å². The maximum absolute atomic E-state index is 2.53. The van der Waals surface area contributed by atoms with Crippen LogP contribution in [0, 0.1) is 11.8 Å². The first-order valence-corrected chi connectivity index (χ1v) is 48.4. The van der Waals surface area contributed by atoms with Crippen LogP contribution in [-0.4, -0.2) is 0 Å². The van der Waals surface area contributed by atoms with Gasteiger partial charge in [-0.3, -0.25) is 0 Å². The highest BCUT2D eigenvalue weighted by Crippen LogP contribution is 2.60. The van der Waals surface area contributed by atoms with Gasteiger partial charge in [-0.15, -0.1) is 0 Å². The van der Waals surface area contributed by atoms with Gasteiger partial charge in [0.2, 0.25) is 0 Å². The number of para-hydroxylation sites is 4. The van der Waals surface area contributed by atoms with Gasteiger partial charge in [-0.1, -0.05) is 396 Å². The first-order chi connectivity index (χ1) is 66.8. The van der Waals surface area contributed by atoms with E-state index in [4.69, 9.17) is 0 Å². The van der Waals surface area contributed by atoms with E-state index in [0.29, 0.717) is 0 Å². The van der Waals surface area contributed by atoms with Crippen LogP contribution in [0.3, 0.4) is 0 Å². The van der Waals surface area contributed by atoms with Crippen LogP contribution in [0.25, 0.3) is 118 Å². The Bertz CT molecular complexity index is 8050. The molecule has 0 saturated carbocycles. The van der Waals surface area contributed by atoms with Gasteiger partial charge in [0, 0.05) is 95.7 Å². The number of hydrogen-bond donors (Lipinski definition) is 0. The molecule has 0 N–H and O–H groups in total. The second-order valence-corrected chi connectivity index (χ2v) is 40.1. The van der Waals surface area contributed by atoms with Gasteiger partial charge in [0.05, 0.1) is 11.4 Å². The molecule has 0 amide bonds. The fourth-order valence-corrected chi connectivity index (χ4v) is 23.7. The highest BCUT2D eigenvalue weighted by molar-refractivity contribution is 6.10. The smallest absolute Gasteiger partial charge is 0.0540 e. The van der Waals surface area contributed by atoms with Crippen LogP contribution < -0.4 is 19.6 Å². The van der Waals surface area contributed by atoms with Crippen molar-refractivity contribution in [2.75, 3.05) is 19.6 Å². The summed E-state index contributed by atoms with van der Waals surface area (Å²) in [5.41, 5.74) is 44.7. The molecule has 4 heteroatoms. The zero-order valence-electron chi connectivity index (χ0n) is 78.9. The predicted molar refractivity (Wildman–Crippen MR) is 582 cm³/mol. The Hall–Kier alpha value is -16.1. The van der Waals surface area contributed by atoms with E-state index in [9.17, 15) is 0 Å². The van der Waals surface area contributed by atoms with Crippen LogP contribution in [0.2, 0.25) is 0 Å². The van der Waals surface area contributed by atoms with Crippen LogP contribution in [0.1, 0.15) is 129 Å². The molecule has 19 aromatic rings. The van der Waals surface area contributed by atoms with Crippen LogP contribution in [0.15, 0.2) is 449 Å². The summed E-state index contributed by atoms with van der Waals surface area (Å²) in [5.74, 6) is 0.387. The molecule has 0 bridgehead atoms. The Morgan fingerprint density at radius 1 is 0.212 bits per heavy atom. The molecule has 0 radical (unpaired) electrons. The minimum atomic E-state index is -0.302. The van der Waals surface area contributed by atoms with Crippen LogP contribution in [-0.2, 0) is 21.7 Å². The lowest BCUT2D eigenvalue weighted by molar-refractivity contribution is 0.334. The summed E-state index contributed by atoms with van der Waals surface area (Å²) in [6.45, 7) is 21.8. The second-order valence-electron chi connectivity index (χ2n) is 40.1. The van der Waals surface area contributed by atoms with E-state index in [0.717, 1.165) is 79.3 Å². The molecule has 19 aromatic carbocycles. The Morgan fingerprint density at radius 3 is 1.00 bits per heavy atom. The molecule has 0 heterocycles. The minimum Gasteiger partial charge on any atom is -0.314 e. The number of fused-ring (bicyclic) bond motifs is 14. The number of benzene rings is 19. The van der Waals surface area contributed by atoms with Gasteiger partial charge >= 0.3 is 0 Å². The summed E-state index contributed by atoms with van der Waals surface area (Å²) in [7, 11) is 0. The molecule has 658 valence electrons. The van der Waals surface area contributed by atoms with Crippen LogP contribution in [0.5, 0.6) is 0 Å². The molecule has 5 aliphatic carbocycles. The average Bonchev–Trinajstić information content (AvgIpc) is 1.53. The Labute approximate surface area is 805 Å². The molecule has 0 spiro atoms. The van der Waals surface area contributed by atoms with E-state index >= 15 is 0 Å². The van der Waals surface area contributed by atoms with Gasteiger partial charge in [0.1, 0.15) is 0 Å². The van der Waals surface area contributed by atoms with E-state index in [2.05, 4.69) is 549 Å². The molecule has 4 nitrogen and oxygen atoms in total. The predicted octanol–water partition coefficient (Wildman–Crippen LogP) is 36.3. The molecular formula is C133H106N4. The number of nitrogens with zero attached hydrogens (tertiary/aromatic N) is 4. The molecular weight excluding hydrogens is 1650 g/mol. The standard InChI is InChI=1S/C133H106N4/c1-87-126(77-76-118-116-71-56-91(82-122(116)133(8,9)129(87)118)52-51-90-54-69-111-114-73-66-105(85-124(114)131(4,5)120(111)80-90)135(100-41-21-13-22-42-100)101-43-23-14-24-44-101)136(102-61-57-93(58-62-102)92-31-15-10-16-32-92)103-63-59-94(60-64-103)96-35-29-36-97(83-96)107-75-78-128(117-47-28-27-46-109(107)117)137(127-48-30-34-95-33-25-26-45-108(95)127)106-67-74-115-112-70-55-89(81-121(112)132(6,7)125(115)86-106)50-49-88-53-68-110-113-72-65-104(84-123(113)130(2,3)119(110)79-88)134(98-37-17-11-18-38-98)99-39-19-12-20-40-99/h10-87,129H,1-9H3. The van der Waals surface area contributed by atoms with Gasteiger partial charge in [0.15, 0.2) is 0 Å². The zero-order valence-corrected chi connectivity index (χ0v) is 78.9. The third kappa shape index (κ3) is 14.3. The second kappa shape index (κ2) is 33.2. The lowest BCUT2D eigenvalue weighted by Crippen LogP contribution is -2.35. The number of rotatable bonds is 19. The summed E-state index contributed by atoms with van der Waals surface area (Å²) in [6, 6.07) is 160. The molecule has 0 fully saturated rings. The van der Waals surface area contributed by atoms with Gasteiger partial charge in [0.25, 0.3) is 0 Å². The summed E-state index contributed by atoms with van der Waals surface area (Å²) < 4.78 is 0. The van der Waals surface area contributed by atoms with Crippen molar-refractivity contribution < 1.29 is 0 Å². The van der Waals surface area contributed by atoms with Crippen molar-refractivity contribution in [1.82, 2.24) is 0 Å². The minimum absolute atomic E-state index is 0.158. The molecule has 137 heavy (non-hydrogen) atoms. The topological polar surface area (TPSA) is 13.0 Å². The normalized spacial score (nSPS) is 15.6. The van der Waals surface area contributed by atoms with Crippen molar-refractivity contribution >= 4 is 114 Å². The Morgan fingerprint density at radius 2 is 0.533 bits per heavy atom. The SMILES string of the molecule is CC1C(N(c2ccc(-c3ccccc3)cc2)c2ccc(-c3cccc(-c4ccc(N(c5ccc6c(c5)C(C)(C)c5cc(C=Cc7ccc8c(c7)C(C)(C)c7cc(N(c9ccccc9)c9ccccc9)ccc7-8)ccc5-6)c5cccc6ccccc56)c5ccccc45)c3)cc2)=CC=C2c3ccc(C=Cc4ccc5c(c4)C(C)(C)c4cc(N(c6ccccc6)c6ccccc6)ccc4-5)cc3C(C)(C)C21. The van der Waals surface area contributed by atoms with Gasteiger partial charge in [-0.25, -0.2) is 0 Å². The number of hydrogen-bond acceptors (Lipinski definition) is 4. The Kier molecular flexibility index (Phi) is 20.3. The molecule has 5 aliphatic rings. The summed E-state index contributed by atoms with van der Waals surface area (Å²) in [6.07, 6.45) is 14.1. The molecule has 24 rings (SSSR count). The van der Waals surface area contributed by atoms with Crippen molar-refractivity contribution in [2.45, 2.75) is 84.0 Å². The summed E-state index contributed by atoms with van der Waals surface area (Å²) in [4.78, 5) is 9.79. The summed E-state index contributed by atoms with van der Waals surface area (Å²) in [5, 5.41) is 4.75. The van der Waals surface area contributed by atoms with Crippen molar-refractivity contribution in [3.05, 3.63) is 515 Å². The van der Waals surface area contributed by atoms with Crippen LogP contribution in [0.4, 0.5) is 62.6 Å². The average molecular weight is 1760 g/mol. The maximum atomic E-state index is 2.53. The van der Waals surface area contributed by atoms with Crippen molar-refractivity contribution in [3.8, 4) is 66.8 Å². The number of allylic oxidation sites excluding steroid dienone is 4. The molecule has 2 unspecified atom stereocenters. The molecule has 0 aliphatic heterocycles. The van der Waals surface area contributed by atoms with E-state index in [-0.39, 0.29) is 33.5 Å². The first kappa shape index (κ1) is 83.9. The lowest BCUT2D eigenvalue weighted by Gasteiger charge is -2.41. The van der Waals surface area contributed by atoms with Crippen molar-refractivity contribution in [2.24, 2.45) is 11.8 Å². The van der Waals surface area contributed by atoms with E-state index in [1.54, 1.807) is 0 Å². The maximum Gasteiger partial charge on any atom is 0.0540 e. The van der Waals surface area contributed by atoms with Crippen molar-refractivity contribution in [1.29, 1.82) is 0 Å². The highest BCUT2D eigenvalue weighted by atomic mass is 15.2.